The normalized spacial score (nSPS) is 10.5. The van der Waals surface area contributed by atoms with Crippen LogP contribution in [0.3, 0.4) is 0 Å². The maximum Gasteiger partial charge on any atom is 0.387 e. The third kappa shape index (κ3) is 4.46. The van der Waals surface area contributed by atoms with Crippen molar-refractivity contribution in [2.75, 3.05) is 12.4 Å². The molecule has 122 valence electrons. The van der Waals surface area contributed by atoms with Gasteiger partial charge in [0.25, 0.3) is 5.91 Å². The fraction of sp³-hybridized carbons (Fsp3) is 0.133. The Balaban J connectivity index is 2.13. The zero-order chi connectivity index (χ0) is 17.0. The van der Waals surface area contributed by atoms with Crippen molar-refractivity contribution in [2.24, 2.45) is 0 Å². The van der Waals surface area contributed by atoms with Gasteiger partial charge in [-0.15, -0.1) is 0 Å². The number of alkyl halides is 2. The van der Waals surface area contributed by atoms with Gasteiger partial charge in [-0.05, 0) is 36.4 Å². The van der Waals surface area contributed by atoms with E-state index in [0.717, 1.165) is 0 Å². The fourth-order valence-electron chi connectivity index (χ4n) is 1.81. The summed E-state index contributed by atoms with van der Waals surface area (Å²) in [6.07, 6.45) is 0. The van der Waals surface area contributed by atoms with Crippen molar-refractivity contribution in [3.8, 4) is 11.5 Å². The molecule has 0 radical (unpaired) electrons. The summed E-state index contributed by atoms with van der Waals surface area (Å²) in [6.45, 7) is -2.90. The molecule has 0 aromatic heterocycles. The number of anilines is 1. The van der Waals surface area contributed by atoms with Gasteiger partial charge < -0.3 is 14.8 Å². The lowest BCUT2D eigenvalue weighted by atomic mass is 10.2. The average molecular weight is 362 g/mol. The second-order valence-electron chi connectivity index (χ2n) is 4.33. The number of nitrogens with one attached hydrogen (secondary N) is 1. The van der Waals surface area contributed by atoms with Crippen molar-refractivity contribution in [2.45, 2.75) is 6.61 Å². The van der Waals surface area contributed by atoms with E-state index in [4.69, 9.17) is 27.9 Å². The van der Waals surface area contributed by atoms with Crippen LogP contribution in [-0.4, -0.2) is 19.6 Å². The van der Waals surface area contributed by atoms with Crippen LogP contribution >= 0.6 is 23.2 Å². The van der Waals surface area contributed by atoms with Crippen molar-refractivity contribution in [1.29, 1.82) is 0 Å². The molecule has 23 heavy (non-hydrogen) atoms. The number of hydrogen-bond acceptors (Lipinski definition) is 3. The number of amides is 1. The average Bonchev–Trinajstić information content (AvgIpc) is 2.48. The van der Waals surface area contributed by atoms with E-state index in [9.17, 15) is 13.6 Å². The van der Waals surface area contributed by atoms with Crippen LogP contribution in [0.2, 0.25) is 10.0 Å². The summed E-state index contributed by atoms with van der Waals surface area (Å²) in [5.41, 5.74) is 0.633. The molecule has 0 bridgehead atoms. The van der Waals surface area contributed by atoms with Gasteiger partial charge in [-0.3, -0.25) is 4.79 Å². The Morgan fingerprint density at radius 3 is 2.17 bits per heavy atom. The highest BCUT2D eigenvalue weighted by Crippen LogP contribution is 2.34. The van der Waals surface area contributed by atoms with E-state index in [2.05, 4.69) is 10.1 Å². The second-order valence-corrected chi connectivity index (χ2v) is 5.14. The summed E-state index contributed by atoms with van der Waals surface area (Å²) in [5.74, 6) is -0.189. The van der Waals surface area contributed by atoms with Crippen LogP contribution < -0.4 is 14.8 Å². The van der Waals surface area contributed by atoms with Gasteiger partial charge >= 0.3 is 6.61 Å². The van der Waals surface area contributed by atoms with Crippen molar-refractivity contribution >= 4 is 34.8 Å². The number of benzene rings is 2. The van der Waals surface area contributed by atoms with Gasteiger partial charge in [0.15, 0.2) is 5.75 Å². The van der Waals surface area contributed by atoms with Crippen LogP contribution in [0.15, 0.2) is 36.4 Å². The Bertz CT molecular complexity index is 685. The first-order chi connectivity index (χ1) is 10.9. The highest BCUT2D eigenvalue weighted by atomic mass is 35.5. The number of carbonyl (C=O) groups is 1. The molecule has 0 aliphatic rings. The lowest BCUT2D eigenvalue weighted by Crippen LogP contribution is -2.12. The second kappa shape index (κ2) is 7.48. The Morgan fingerprint density at radius 2 is 1.70 bits per heavy atom. The summed E-state index contributed by atoms with van der Waals surface area (Å²) >= 11 is 11.9. The molecule has 2 rings (SSSR count). The third-order valence-corrected chi connectivity index (χ3v) is 3.36. The van der Waals surface area contributed by atoms with Crippen molar-refractivity contribution < 1.29 is 23.0 Å². The molecule has 0 fully saturated rings. The minimum Gasteiger partial charge on any atom is -0.494 e. The standard InChI is InChI=1S/C15H11Cl2F2NO3/c1-22-13-11(16)6-8(7-12(13)17)14(21)20-9-2-4-10(5-3-9)23-15(18)19/h2-7,15H,1H3,(H,20,21). The molecule has 0 aliphatic carbocycles. The SMILES string of the molecule is COc1c(Cl)cc(C(=O)Nc2ccc(OC(F)F)cc2)cc1Cl. The lowest BCUT2D eigenvalue weighted by Gasteiger charge is -2.10. The summed E-state index contributed by atoms with van der Waals surface area (Å²) in [4.78, 5) is 12.2. The quantitative estimate of drug-likeness (QED) is 0.827. The van der Waals surface area contributed by atoms with Gasteiger partial charge in [0.05, 0.1) is 17.2 Å². The third-order valence-electron chi connectivity index (χ3n) is 2.80. The summed E-state index contributed by atoms with van der Waals surface area (Å²) in [6, 6.07) is 8.32. The molecule has 1 amide bonds. The summed E-state index contributed by atoms with van der Waals surface area (Å²) in [7, 11) is 1.41. The number of ether oxygens (including phenoxy) is 2. The number of methoxy groups -OCH3 is 1. The molecule has 0 saturated heterocycles. The minimum absolute atomic E-state index is 0.00599. The smallest absolute Gasteiger partial charge is 0.387 e. The van der Waals surface area contributed by atoms with Crippen LogP contribution in [0.1, 0.15) is 10.4 Å². The highest BCUT2D eigenvalue weighted by molar-refractivity contribution is 6.37. The molecular formula is C15H11Cl2F2NO3. The van der Waals surface area contributed by atoms with Crippen molar-refractivity contribution in [1.82, 2.24) is 0 Å². The van der Waals surface area contributed by atoms with Crippen LogP contribution in [0.25, 0.3) is 0 Å². The van der Waals surface area contributed by atoms with Crippen molar-refractivity contribution in [3.63, 3.8) is 0 Å². The monoisotopic (exact) mass is 361 g/mol. The van der Waals surface area contributed by atoms with Crippen molar-refractivity contribution in [3.05, 3.63) is 52.0 Å². The van der Waals surface area contributed by atoms with E-state index < -0.39 is 12.5 Å². The topological polar surface area (TPSA) is 47.6 Å². The largest absolute Gasteiger partial charge is 0.494 e. The molecule has 0 saturated carbocycles. The number of halogens is 4. The van der Waals surface area contributed by atoms with Gasteiger partial charge in [0.1, 0.15) is 5.75 Å². The maximum atomic E-state index is 12.2. The summed E-state index contributed by atoms with van der Waals surface area (Å²) < 4.78 is 33.3. The molecule has 0 unspecified atom stereocenters. The van der Waals surface area contributed by atoms with Crippen LogP contribution in [0, 0.1) is 0 Å². The first kappa shape index (κ1) is 17.3. The molecule has 2 aromatic rings. The molecular weight excluding hydrogens is 351 g/mol. The van der Waals surface area contributed by atoms with Crippen LogP contribution in [-0.2, 0) is 0 Å². The molecule has 8 heteroatoms. The first-order valence-electron chi connectivity index (χ1n) is 6.30. The highest BCUT2D eigenvalue weighted by Gasteiger charge is 2.14. The Kier molecular flexibility index (Phi) is 5.63. The van der Waals surface area contributed by atoms with Gasteiger partial charge in [-0.25, -0.2) is 0 Å². The molecule has 0 spiro atoms. The van der Waals surface area contributed by atoms with Gasteiger partial charge in [-0.2, -0.15) is 8.78 Å². The Morgan fingerprint density at radius 1 is 1.13 bits per heavy atom. The predicted octanol–water partition coefficient (Wildman–Crippen LogP) is 4.86. The lowest BCUT2D eigenvalue weighted by molar-refractivity contribution is -0.0498. The number of carbonyl (C=O) groups excluding carboxylic acids is 1. The first-order valence-corrected chi connectivity index (χ1v) is 7.05. The number of rotatable bonds is 5. The zero-order valence-corrected chi connectivity index (χ0v) is 13.3. The molecule has 4 nitrogen and oxygen atoms in total. The van der Waals surface area contributed by atoms with E-state index in [1.807, 2.05) is 0 Å². The van der Waals surface area contributed by atoms with E-state index in [-0.39, 0.29) is 27.1 Å². The molecule has 0 atom stereocenters. The molecule has 0 heterocycles. The van der Waals surface area contributed by atoms with E-state index in [0.29, 0.717) is 5.69 Å². The molecule has 0 aliphatic heterocycles. The predicted molar refractivity (Wildman–Crippen MR) is 84.0 cm³/mol. The molecule has 2 aromatic carbocycles. The van der Waals surface area contributed by atoms with E-state index in [1.54, 1.807) is 0 Å². The van der Waals surface area contributed by atoms with Gasteiger partial charge in [-0.1, -0.05) is 23.2 Å². The Labute approximate surface area is 140 Å². The van der Waals surface area contributed by atoms with Gasteiger partial charge in [0, 0.05) is 11.3 Å². The Hall–Kier alpha value is -2.05. The zero-order valence-electron chi connectivity index (χ0n) is 11.8. The maximum absolute atomic E-state index is 12.2. The van der Waals surface area contributed by atoms with E-state index in [1.165, 1.54) is 43.5 Å². The fourth-order valence-corrected chi connectivity index (χ4v) is 2.45. The van der Waals surface area contributed by atoms with E-state index >= 15 is 0 Å². The molecule has 1 N–H and O–H groups in total. The van der Waals surface area contributed by atoms with Crippen LogP contribution in [0.4, 0.5) is 14.5 Å². The minimum atomic E-state index is -2.90. The summed E-state index contributed by atoms with van der Waals surface area (Å²) in [5, 5.41) is 2.99. The van der Waals surface area contributed by atoms with Crippen LogP contribution in [0.5, 0.6) is 11.5 Å². The van der Waals surface area contributed by atoms with Gasteiger partial charge in [0.2, 0.25) is 0 Å². The number of hydrogen-bond donors (Lipinski definition) is 1.